The second-order valence-electron chi connectivity index (χ2n) is 8.19. The van der Waals surface area contributed by atoms with Crippen LogP contribution in [0.4, 0.5) is 8.78 Å². The summed E-state index contributed by atoms with van der Waals surface area (Å²) >= 11 is 0. The van der Waals surface area contributed by atoms with E-state index >= 15 is 0 Å². The van der Waals surface area contributed by atoms with Crippen molar-refractivity contribution in [1.29, 1.82) is 0 Å². The molecule has 1 heterocycles. The number of hydrogen-bond donors (Lipinski definition) is 1. The Bertz CT molecular complexity index is 876. The maximum Gasteiger partial charge on any atom is 0.244 e. The minimum Gasteiger partial charge on any atom is -0.337 e. The molecule has 4 nitrogen and oxygen atoms in total. The summed E-state index contributed by atoms with van der Waals surface area (Å²) < 4.78 is 27.5. The number of hydrogen-bond acceptors (Lipinski definition) is 3. The van der Waals surface area contributed by atoms with Crippen molar-refractivity contribution in [1.82, 2.24) is 15.1 Å². The molecular formula is C23H29Cl2F2N3O. The number of amides is 1. The molecule has 1 atom stereocenters. The Labute approximate surface area is 194 Å². The Kier molecular flexibility index (Phi) is 8.45. The lowest BCUT2D eigenvalue weighted by atomic mass is 9.89. The summed E-state index contributed by atoms with van der Waals surface area (Å²) in [5.74, 6) is -1.25. The molecule has 8 heteroatoms. The van der Waals surface area contributed by atoms with Gasteiger partial charge in [0.2, 0.25) is 5.91 Å². The number of likely N-dealkylation sites (N-methyl/N-ethyl adjacent to an activating group) is 1. The van der Waals surface area contributed by atoms with Crippen LogP contribution in [0.15, 0.2) is 42.5 Å². The molecular weight excluding hydrogens is 443 g/mol. The Morgan fingerprint density at radius 2 is 1.55 bits per heavy atom. The fourth-order valence-corrected chi connectivity index (χ4v) is 4.74. The molecule has 1 fully saturated rings. The predicted molar refractivity (Wildman–Crippen MR) is 123 cm³/mol. The van der Waals surface area contributed by atoms with Gasteiger partial charge < -0.3 is 10.2 Å². The first-order chi connectivity index (χ1) is 13.9. The lowest BCUT2D eigenvalue weighted by molar-refractivity contribution is -0.145. The van der Waals surface area contributed by atoms with Crippen molar-refractivity contribution >= 4 is 30.7 Å². The minimum absolute atomic E-state index is 0. The molecule has 2 aliphatic rings. The molecule has 0 aromatic heterocycles. The second-order valence-corrected chi connectivity index (χ2v) is 8.19. The average Bonchev–Trinajstić information content (AvgIpc) is 3.13. The van der Waals surface area contributed by atoms with Crippen molar-refractivity contribution in [2.24, 2.45) is 0 Å². The smallest absolute Gasteiger partial charge is 0.244 e. The molecule has 0 radical (unpaired) electrons. The van der Waals surface area contributed by atoms with Crippen molar-refractivity contribution in [3.8, 4) is 0 Å². The Morgan fingerprint density at radius 1 is 1.03 bits per heavy atom. The van der Waals surface area contributed by atoms with E-state index in [-0.39, 0.29) is 30.7 Å². The molecule has 0 bridgehead atoms. The van der Waals surface area contributed by atoms with Crippen LogP contribution in [0, 0.1) is 11.6 Å². The molecule has 0 spiro atoms. The second kappa shape index (κ2) is 10.3. The van der Waals surface area contributed by atoms with Crippen LogP contribution in [0.5, 0.6) is 0 Å². The van der Waals surface area contributed by atoms with E-state index in [9.17, 15) is 13.6 Å². The number of nitrogens with zero attached hydrogens (tertiary/aromatic N) is 2. The van der Waals surface area contributed by atoms with Crippen LogP contribution in [0.2, 0.25) is 0 Å². The first-order valence-electron chi connectivity index (χ1n) is 10.2. The third-order valence-corrected chi connectivity index (χ3v) is 6.47. The maximum absolute atomic E-state index is 13.9. The molecule has 0 saturated carbocycles. The van der Waals surface area contributed by atoms with Gasteiger partial charge in [0.05, 0.1) is 6.04 Å². The number of carbonyl (C=O) groups is 1. The van der Waals surface area contributed by atoms with Crippen LogP contribution >= 0.6 is 24.8 Å². The molecule has 31 heavy (non-hydrogen) atoms. The van der Waals surface area contributed by atoms with Gasteiger partial charge in [-0.15, -0.1) is 24.8 Å². The number of benzene rings is 2. The van der Waals surface area contributed by atoms with Crippen molar-refractivity contribution in [2.45, 2.75) is 31.3 Å². The highest BCUT2D eigenvalue weighted by Crippen LogP contribution is 2.38. The number of fused-ring (bicyclic) bond motifs is 1. The molecule has 170 valence electrons. The van der Waals surface area contributed by atoms with E-state index in [1.54, 1.807) is 11.9 Å². The zero-order valence-corrected chi connectivity index (χ0v) is 19.4. The number of piperazine rings is 1. The highest BCUT2D eigenvalue weighted by molar-refractivity contribution is 5.88. The standard InChI is InChI=1S/C23H27F2N3O.2ClH/c1-16(19-11-20(24)13-21(25)12-19)27(2)22(29)23(28-9-7-26-8-10-28)14-17-5-3-4-6-18(17)15-23;;/h3-6,11-13,16,26H,7-10,14-15H2,1-2H3;2*1H. The van der Waals surface area contributed by atoms with E-state index in [2.05, 4.69) is 22.3 Å². The summed E-state index contributed by atoms with van der Waals surface area (Å²) in [5, 5.41) is 3.36. The average molecular weight is 472 g/mol. The largest absolute Gasteiger partial charge is 0.337 e. The van der Waals surface area contributed by atoms with E-state index in [0.717, 1.165) is 32.2 Å². The van der Waals surface area contributed by atoms with Crippen LogP contribution in [0.1, 0.15) is 29.7 Å². The van der Waals surface area contributed by atoms with Gasteiger partial charge in [0.15, 0.2) is 0 Å². The van der Waals surface area contributed by atoms with E-state index in [1.165, 1.54) is 23.3 Å². The van der Waals surface area contributed by atoms with E-state index < -0.39 is 23.2 Å². The van der Waals surface area contributed by atoms with Crippen LogP contribution in [0.3, 0.4) is 0 Å². The van der Waals surface area contributed by atoms with Gasteiger partial charge in [0, 0.05) is 52.1 Å². The molecule has 1 aliphatic carbocycles. The number of rotatable bonds is 4. The minimum atomic E-state index is -0.652. The Balaban J connectivity index is 0.00000171. The van der Waals surface area contributed by atoms with Crippen molar-refractivity contribution in [2.75, 3.05) is 33.2 Å². The van der Waals surface area contributed by atoms with Crippen LogP contribution in [0.25, 0.3) is 0 Å². The fraction of sp³-hybridized carbons (Fsp3) is 0.435. The SMILES string of the molecule is CC(c1cc(F)cc(F)c1)N(C)C(=O)C1(N2CCNCC2)Cc2ccccc2C1.Cl.Cl. The topological polar surface area (TPSA) is 35.6 Å². The number of carbonyl (C=O) groups excluding carboxylic acids is 1. The summed E-state index contributed by atoms with van der Waals surface area (Å²) in [7, 11) is 1.74. The third kappa shape index (κ3) is 4.87. The zero-order valence-electron chi connectivity index (χ0n) is 17.7. The van der Waals surface area contributed by atoms with E-state index in [0.29, 0.717) is 18.4 Å². The number of nitrogens with one attached hydrogen (secondary N) is 1. The van der Waals surface area contributed by atoms with Crippen LogP contribution in [-0.2, 0) is 17.6 Å². The lowest BCUT2D eigenvalue weighted by Crippen LogP contribution is -2.64. The summed E-state index contributed by atoms with van der Waals surface area (Å²) in [6, 6.07) is 11.2. The first-order valence-corrected chi connectivity index (χ1v) is 10.2. The highest BCUT2D eigenvalue weighted by Gasteiger charge is 2.50. The van der Waals surface area contributed by atoms with Gasteiger partial charge >= 0.3 is 0 Å². The van der Waals surface area contributed by atoms with E-state index in [1.807, 2.05) is 19.1 Å². The van der Waals surface area contributed by atoms with Crippen LogP contribution in [-0.4, -0.2) is 54.5 Å². The third-order valence-electron chi connectivity index (χ3n) is 6.47. The summed E-state index contributed by atoms with van der Waals surface area (Å²) in [6.45, 7) is 5.12. The quantitative estimate of drug-likeness (QED) is 0.736. The van der Waals surface area contributed by atoms with Crippen molar-refractivity contribution < 1.29 is 13.6 Å². The molecule has 1 N–H and O–H groups in total. The van der Waals surface area contributed by atoms with Gasteiger partial charge in [-0.25, -0.2) is 8.78 Å². The predicted octanol–water partition coefficient (Wildman–Crippen LogP) is 3.77. The summed E-state index contributed by atoms with van der Waals surface area (Å²) in [5.41, 5.74) is 2.22. The van der Waals surface area contributed by atoms with Gasteiger partial charge in [-0.3, -0.25) is 9.69 Å². The first kappa shape index (κ1) is 25.5. The molecule has 1 aliphatic heterocycles. The normalized spacial score (nSPS) is 18.3. The number of halogens is 4. The molecule has 1 amide bonds. The maximum atomic E-state index is 13.9. The Morgan fingerprint density at radius 3 is 2.06 bits per heavy atom. The van der Waals surface area contributed by atoms with Crippen molar-refractivity contribution in [3.05, 3.63) is 70.8 Å². The monoisotopic (exact) mass is 471 g/mol. The zero-order chi connectivity index (χ0) is 20.6. The van der Waals surface area contributed by atoms with Crippen LogP contribution < -0.4 is 5.32 Å². The van der Waals surface area contributed by atoms with Crippen molar-refractivity contribution in [3.63, 3.8) is 0 Å². The molecule has 1 unspecified atom stereocenters. The molecule has 1 saturated heterocycles. The fourth-order valence-electron chi connectivity index (χ4n) is 4.74. The Hall–Kier alpha value is -1.73. The van der Waals surface area contributed by atoms with E-state index in [4.69, 9.17) is 0 Å². The van der Waals surface area contributed by atoms with Gasteiger partial charge in [0.1, 0.15) is 17.2 Å². The summed E-state index contributed by atoms with van der Waals surface area (Å²) in [4.78, 5) is 17.8. The molecule has 2 aromatic rings. The van der Waals surface area contributed by atoms with Gasteiger partial charge in [0.25, 0.3) is 0 Å². The molecule has 4 rings (SSSR count). The molecule has 2 aromatic carbocycles. The highest BCUT2D eigenvalue weighted by atomic mass is 35.5. The lowest BCUT2D eigenvalue weighted by Gasteiger charge is -2.45. The summed E-state index contributed by atoms with van der Waals surface area (Å²) in [6.07, 6.45) is 1.33. The van der Waals surface area contributed by atoms with Gasteiger partial charge in [-0.1, -0.05) is 24.3 Å². The van der Waals surface area contributed by atoms with Gasteiger partial charge in [-0.2, -0.15) is 0 Å². The van der Waals surface area contributed by atoms with Gasteiger partial charge in [-0.05, 0) is 35.7 Å².